The van der Waals surface area contributed by atoms with Crippen molar-refractivity contribution < 1.29 is 5.11 Å². The van der Waals surface area contributed by atoms with Gasteiger partial charge >= 0.3 is 0 Å². The van der Waals surface area contributed by atoms with E-state index in [9.17, 15) is 5.11 Å². The molecule has 0 aliphatic heterocycles. The predicted octanol–water partition coefficient (Wildman–Crippen LogP) is 3.55. The van der Waals surface area contributed by atoms with Crippen molar-refractivity contribution in [1.29, 1.82) is 0 Å². The molecule has 0 amide bonds. The lowest BCUT2D eigenvalue weighted by molar-refractivity contribution is 0.187. The Morgan fingerprint density at radius 1 is 1.09 bits per heavy atom. The number of amidine groups is 1. The van der Waals surface area contributed by atoms with Crippen molar-refractivity contribution in [3.05, 3.63) is 48.0 Å². The molecule has 0 bridgehead atoms. The van der Waals surface area contributed by atoms with Gasteiger partial charge in [0.2, 0.25) is 0 Å². The van der Waals surface area contributed by atoms with Gasteiger partial charge in [0.05, 0.1) is 6.10 Å². The van der Waals surface area contributed by atoms with E-state index < -0.39 is 6.10 Å². The van der Waals surface area contributed by atoms with Crippen LogP contribution in [0.5, 0.6) is 0 Å². The van der Waals surface area contributed by atoms with Crippen LogP contribution in [0, 0.1) is 0 Å². The molecule has 1 fully saturated rings. The average molecular weight is 295 g/mol. The lowest BCUT2D eigenvalue weighted by atomic mass is 9.98. The second-order valence-electron chi connectivity index (χ2n) is 5.75. The van der Waals surface area contributed by atoms with Gasteiger partial charge in [-0.15, -0.1) is 5.10 Å². The number of benzene rings is 2. The molecule has 0 saturated heterocycles. The fraction of sp³-hybridized carbons (Fsp3) is 0.333. The highest BCUT2D eigenvalue weighted by Crippen LogP contribution is 2.26. The summed E-state index contributed by atoms with van der Waals surface area (Å²) in [5.41, 5.74) is 7.91. The molecule has 1 unspecified atom stereocenters. The largest absolute Gasteiger partial charge is 0.388 e. The molecule has 1 aliphatic rings. The predicted molar refractivity (Wildman–Crippen MR) is 91.1 cm³/mol. The molecule has 1 atom stereocenters. The molecule has 22 heavy (non-hydrogen) atoms. The molecule has 3 N–H and O–H groups in total. The molecule has 114 valence electrons. The Morgan fingerprint density at radius 3 is 2.64 bits per heavy atom. The topological polar surface area (TPSA) is 71.0 Å². The van der Waals surface area contributed by atoms with Crippen LogP contribution in [0.25, 0.3) is 10.8 Å². The van der Waals surface area contributed by atoms with Gasteiger partial charge in [-0.05, 0) is 42.0 Å². The second kappa shape index (κ2) is 6.71. The van der Waals surface area contributed by atoms with Gasteiger partial charge in [-0.25, -0.2) is 0 Å². The molecule has 0 heterocycles. The van der Waals surface area contributed by atoms with Gasteiger partial charge in [0.1, 0.15) is 5.84 Å². The van der Waals surface area contributed by atoms with Gasteiger partial charge in [0, 0.05) is 12.1 Å². The maximum absolute atomic E-state index is 10.5. The minimum Gasteiger partial charge on any atom is -0.388 e. The standard InChI is InChI=1S/C18H21N3O/c19-18(21-20-14-8-2-3-9-14)12-17(22)16-11-5-7-13-6-1-4-10-15(13)16/h1,4-7,10-11,17,22H,2-3,8-9,12H2,(H2,19,21). The van der Waals surface area contributed by atoms with Crippen molar-refractivity contribution >= 4 is 22.3 Å². The lowest BCUT2D eigenvalue weighted by Crippen LogP contribution is -2.16. The molecule has 1 saturated carbocycles. The number of hydrogen-bond acceptors (Lipinski definition) is 3. The SMILES string of the molecule is N/C(CC(O)c1cccc2ccccc12)=N\N=C1CCCC1. The molecule has 4 nitrogen and oxygen atoms in total. The van der Waals surface area contributed by atoms with Crippen molar-refractivity contribution in [2.24, 2.45) is 15.9 Å². The zero-order valence-corrected chi connectivity index (χ0v) is 12.6. The summed E-state index contributed by atoms with van der Waals surface area (Å²) in [4.78, 5) is 0. The summed E-state index contributed by atoms with van der Waals surface area (Å²) in [5, 5.41) is 20.9. The van der Waals surface area contributed by atoms with Gasteiger partial charge < -0.3 is 10.8 Å². The molecule has 0 spiro atoms. The average Bonchev–Trinajstić information content (AvgIpc) is 3.06. The Kier molecular flexibility index (Phi) is 4.49. The Balaban J connectivity index is 1.76. The molecule has 2 aromatic rings. The van der Waals surface area contributed by atoms with Crippen LogP contribution in [-0.2, 0) is 0 Å². The summed E-state index contributed by atoms with van der Waals surface area (Å²) < 4.78 is 0. The van der Waals surface area contributed by atoms with Gasteiger partial charge in [-0.2, -0.15) is 5.10 Å². The molecular weight excluding hydrogens is 274 g/mol. The number of hydrogen-bond donors (Lipinski definition) is 2. The van der Waals surface area contributed by atoms with Crippen LogP contribution in [-0.4, -0.2) is 16.7 Å². The van der Waals surface area contributed by atoms with E-state index in [0.717, 1.165) is 34.9 Å². The van der Waals surface area contributed by atoms with Crippen LogP contribution in [0.1, 0.15) is 43.8 Å². The van der Waals surface area contributed by atoms with Crippen LogP contribution >= 0.6 is 0 Å². The molecular formula is C18H21N3O. The van der Waals surface area contributed by atoms with Crippen LogP contribution in [0.3, 0.4) is 0 Å². The monoisotopic (exact) mass is 295 g/mol. The van der Waals surface area contributed by atoms with Crippen molar-refractivity contribution in [3.8, 4) is 0 Å². The van der Waals surface area contributed by atoms with Gasteiger partial charge in [0.25, 0.3) is 0 Å². The summed E-state index contributed by atoms with van der Waals surface area (Å²) in [7, 11) is 0. The summed E-state index contributed by atoms with van der Waals surface area (Å²) >= 11 is 0. The van der Waals surface area contributed by atoms with E-state index in [0.29, 0.717) is 12.3 Å². The summed E-state index contributed by atoms with van der Waals surface area (Å²) in [5.74, 6) is 0.375. The second-order valence-corrected chi connectivity index (χ2v) is 5.75. The minimum absolute atomic E-state index is 0.296. The zero-order chi connectivity index (χ0) is 15.4. The first-order valence-corrected chi connectivity index (χ1v) is 7.77. The third-order valence-electron chi connectivity index (χ3n) is 4.09. The van der Waals surface area contributed by atoms with Crippen molar-refractivity contribution in [1.82, 2.24) is 0 Å². The van der Waals surface area contributed by atoms with Gasteiger partial charge in [-0.1, -0.05) is 42.5 Å². The van der Waals surface area contributed by atoms with Crippen molar-refractivity contribution in [2.75, 3.05) is 0 Å². The quantitative estimate of drug-likeness (QED) is 0.514. The Labute approximate surface area is 130 Å². The lowest BCUT2D eigenvalue weighted by Gasteiger charge is -2.13. The first-order valence-electron chi connectivity index (χ1n) is 7.77. The van der Waals surface area contributed by atoms with E-state index in [1.54, 1.807) is 0 Å². The summed E-state index contributed by atoms with van der Waals surface area (Å²) in [6, 6.07) is 13.9. The summed E-state index contributed by atoms with van der Waals surface area (Å²) in [6.45, 7) is 0. The van der Waals surface area contributed by atoms with E-state index in [1.807, 2.05) is 42.5 Å². The number of nitrogens with zero attached hydrogens (tertiary/aromatic N) is 2. The van der Waals surface area contributed by atoms with E-state index in [2.05, 4.69) is 10.2 Å². The minimum atomic E-state index is -0.668. The summed E-state index contributed by atoms with van der Waals surface area (Å²) in [6.07, 6.45) is 4.04. The Hall–Kier alpha value is -2.20. The third kappa shape index (κ3) is 3.34. The molecule has 0 aromatic heterocycles. The third-order valence-corrected chi connectivity index (χ3v) is 4.09. The fourth-order valence-electron chi connectivity index (χ4n) is 2.91. The van der Waals surface area contributed by atoms with Crippen LogP contribution in [0.2, 0.25) is 0 Å². The fourth-order valence-corrected chi connectivity index (χ4v) is 2.91. The molecule has 4 heteroatoms. The van der Waals surface area contributed by atoms with Crippen molar-refractivity contribution in [2.45, 2.75) is 38.2 Å². The highest BCUT2D eigenvalue weighted by molar-refractivity contribution is 5.89. The number of aliphatic hydroxyl groups is 1. The van der Waals surface area contributed by atoms with E-state index in [-0.39, 0.29) is 0 Å². The number of rotatable bonds is 4. The first-order chi connectivity index (χ1) is 10.7. The van der Waals surface area contributed by atoms with Crippen LogP contribution in [0.4, 0.5) is 0 Å². The van der Waals surface area contributed by atoms with Crippen LogP contribution < -0.4 is 5.73 Å². The molecule has 0 radical (unpaired) electrons. The normalized spacial score (nSPS) is 17.0. The molecule has 2 aromatic carbocycles. The molecule has 3 rings (SSSR count). The zero-order valence-electron chi connectivity index (χ0n) is 12.6. The smallest absolute Gasteiger partial charge is 0.125 e. The number of aliphatic hydroxyl groups excluding tert-OH is 1. The maximum Gasteiger partial charge on any atom is 0.125 e. The van der Waals surface area contributed by atoms with Gasteiger partial charge in [0.15, 0.2) is 0 Å². The Bertz CT molecular complexity index is 708. The molecule has 1 aliphatic carbocycles. The van der Waals surface area contributed by atoms with Gasteiger partial charge in [-0.3, -0.25) is 0 Å². The highest BCUT2D eigenvalue weighted by Gasteiger charge is 2.13. The van der Waals surface area contributed by atoms with Crippen molar-refractivity contribution in [3.63, 3.8) is 0 Å². The first kappa shape index (κ1) is 14.7. The maximum atomic E-state index is 10.5. The van der Waals surface area contributed by atoms with E-state index >= 15 is 0 Å². The van der Waals surface area contributed by atoms with Crippen LogP contribution in [0.15, 0.2) is 52.7 Å². The van der Waals surface area contributed by atoms with E-state index in [4.69, 9.17) is 5.73 Å². The highest BCUT2D eigenvalue weighted by atomic mass is 16.3. The number of nitrogens with two attached hydrogens (primary N) is 1. The Morgan fingerprint density at radius 2 is 1.82 bits per heavy atom. The van der Waals surface area contributed by atoms with E-state index in [1.165, 1.54) is 12.8 Å². The number of fused-ring (bicyclic) bond motifs is 1.